The topological polar surface area (TPSA) is 79.4 Å². The predicted molar refractivity (Wildman–Crippen MR) is 126 cm³/mol. The molecule has 0 bridgehead atoms. The second-order valence-electron chi connectivity index (χ2n) is 7.69. The van der Waals surface area contributed by atoms with Gasteiger partial charge in [0.2, 0.25) is 0 Å². The minimum absolute atomic E-state index is 0.138. The van der Waals surface area contributed by atoms with Crippen LogP contribution in [0, 0.1) is 5.82 Å². The highest BCUT2D eigenvalue weighted by molar-refractivity contribution is 8.00. The van der Waals surface area contributed by atoms with E-state index in [4.69, 9.17) is 4.74 Å². The fourth-order valence-corrected chi connectivity index (χ4v) is 4.70. The molecule has 4 rings (SSSR count). The number of ether oxygens (including phenoxy) is 1. The summed E-state index contributed by atoms with van der Waals surface area (Å²) in [6.07, 6.45) is -3.67. The summed E-state index contributed by atoms with van der Waals surface area (Å²) in [7, 11) is 0. The summed E-state index contributed by atoms with van der Waals surface area (Å²) in [6, 6.07) is 8.84. The third-order valence-electron chi connectivity index (χ3n) is 5.27. The Hall–Kier alpha value is -3.06. The Kier molecular flexibility index (Phi) is 7.96. The number of anilines is 2. The molecule has 2 N–H and O–H groups in total. The lowest BCUT2D eigenvalue weighted by atomic mass is 10.0. The molecule has 0 spiro atoms. The molecule has 0 atom stereocenters. The zero-order chi connectivity index (χ0) is 24.8. The summed E-state index contributed by atoms with van der Waals surface area (Å²) >= 11 is 1.91. The van der Waals surface area contributed by atoms with Crippen molar-refractivity contribution in [1.29, 1.82) is 0 Å². The normalized spacial score (nSPS) is 14.6. The second-order valence-corrected chi connectivity index (χ2v) is 9.20. The number of carbonyl (C=O) groups is 1. The van der Waals surface area contributed by atoms with Gasteiger partial charge in [0.25, 0.3) is 0 Å². The summed E-state index contributed by atoms with van der Waals surface area (Å²) in [5.74, 6) is -1.07. The molecule has 1 saturated heterocycles. The number of alkyl halides is 3. The van der Waals surface area contributed by atoms with E-state index < -0.39 is 34.4 Å². The van der Waals surface area contributed by atoms with Crippen LogP contribution in [0.2, 0.25) is 0 Å². The fraction of sp³-hybridized carbons (Fsp3) is 0.318. The van der Waals surface area contributed by atoms with Crippen molar-refractivity contribution in [2.24, 2.45) is 0 Å². The van der Waals surface area contributed by atoms with Gasteiger partial charge in [-0.15, -0.1) is 11.3 Å². The highest BCUT2D eigenvalue weighted by Crippen LogP contribution is 2.40. The Bertz CT molecular complexity index is 1120. The van der Waals surface area contributed by atoms with E-state index >= 15 is 0 Å². The molecule has 2 aromatic heterocycles. The Balaban J connectivity index is 1.36. The van der Waals surface area contributed by atoms with E-state index in [0.717, 1.165) is 11.8 Å². The van der Waals surface area contributed by atoms with Crippen LogP contribution in [-0.4, -0.2) is 40.1 Å². The van der Waals surface area contributed by atoms with Gasteiger partial charge in [0, 0.05) is 36.5 Å². The lowest BCUT2D eigenvalue weighted by Crippen LogP contribution is -2.42. The van der Waals surface area contributed by atoms with E-state index in [1.807, 2.05) is 30.3 Å². The molecule has 1 aliphatic rings. The van der Waals surface area contributed by atoms with Gasteiger partial charge in [-0.2, -0.15) is 13.2 Å². The van der Waals surface area contributed by atoms with Crippen LogP contribution in [-0.2, 0) is 17.5 Å². The van der Waals surface area contributed by atoms with Gasteiger partial charge >= 0.3 is 12.3 Å². The standard InChI is InChI=1S/C22H21F4N5O2S2/c23-19-18(22(24,25)26)16(10-27-20(19)35-30-17-12-34-13-28-17)29-15-6-8-31(9-7-15)21(32)33-11-14-4-2-1-3-5-14/h1-5,10,12-13,15,29-30H,6-9,11H2. The lowest BCUT2D eigenvalue weighted by Gasteiger charge is -2.32. The first-order valence-electron chi connectivity index (χ1n) is 10.6. The van der Waals surface area contributed by atoms with Gasteiger partial charge in [0.15, 0.2) is 10.8 Å². The van der Waals surface area contributed by atoms with Crippen LogP contribution in [0.1, 0.15) is 24.0 Å². The maximum absolute atomic E-state index is 14.8. The van der Waals surface area contributed by atoms with E-state index in [1.165, 1.54) is 21.7 Å². The number of rotatable bonds is 7. The number of thiazole rings is 1. The lowest BCUT2D eigenvalue weighted by molar-refractivity contribution is -0.139. The molecule has 35 heavy (non-hydrogen) atoms. The predicted octanol–water partition coefficient (Wildman–Crippen LogP) is 6.03. The first kappa shape index (κ1) is 25.0. The number of hydrogen-bond donors (Lipinski definition) is 2. The second kappa shape index (κ2) is 11.1. The highest BCUT2D eigenvalue weighted by Gasteiger charge is 2.39. The third kappa shape index (κ3) is 6.54. The van der Waals surface area contributed by atoms with E-state index in [0.29, 0.717) is 43.7 Å². The fourth-order valence-electron chi connectivity index (χ4n) is 3.53. The van der Waals surface area contributed by atoms with Crippen molar-refractivity contribution >= 4 is 40.9 Å². The number of hydrogen-bond acceptors (Lipinski definition) is 8. The van der Waals surface area contributed by atoms with Crippen molar-refractivity contribution < 1.29 is 27.1 Å². The monoisotopic (exact) mass is 527 g/mol. The first-order chi connectivity index (χ1) is 16.8. The molecule has 7 nitrogen and oxygen atoms in total. The van der Waals surface area contributed by atoms with Gasteiger partial charge in [-0.05, 0) is 18.4 Å². The maximum atomic E-state index is 14.8. The van der Waals surface area contributed by atoms with Crippen molar-refractivity contribution in [3.8, 4) is 0 Å². The Morgan fingerprint density at radius 1 is 1.20 bits per heavy atom. The average Bonchev–Trinajstić information content (AvgIpc) is 3.36. The number of halogens is 4. The van der Waals surface area contributed by atoms with Crippen molar-refractivity contribution in [3.63, 3.8) is 0 Å². The smallest absolute Gasteiger partial charge is 0.421 e. The quantitative estimate of drug-likeness (QED) is 0.287. The number of pyridine rings is 1. The Morgan fingerprint density at radius 3 is 2.60 bits per heavy atom. The van der Waals surface area contributed by atoms with Crippen LogP contribution in [0.15, 0.2) is 52.4 Å². The van der Waals surface area contributed by atoms with E-state index in [1.54, 1.807) is 5.38 Å². The molecule has 1 aliphatic heterocycles. The van der Waals surface area contributed by atoms with Crippen molar-refractivity contribution in [2.75, 3.05) is 23.1 Å². The van der Waals surface area contributed by atoms with Gasteiger partial charge in [-0.3, -0.25) is 0 Å². The molecule has 186 valence electrons. The van der Waals surface area contributed by atoms with E-state index in [9.17, 15) is 22.4 Å². The summed E-state index contributed by atoms with van der Waals surface area (Å²) in [6.45, 7) is 0.738. The van der Waals surface area contributed by atoms with E-state index in [2.05, 4.69) is 20.0 Å². The molecule has 0 radical (unpaired) electrons. The maximum Gasteiger partial charge on any atom is 0.421 e. The molecule has 3 aromatic rings. The molecule has 1 amide bonds. The Labute approximate surface area is 207 Å². The molecule has 13 heteroatoms. The van der Waals surface area contributed by atoms with Crippen molar-refractivity contribution in [2.45, 2.75) is 36.7 Å². The minimum Gasteiger partial charge on any atom is -0.445 e. The van der Waals surface area contributed by atoms with Crippen LogP contribution in [0.25, 0.3) is 0 Å². The number of amides is 1. The number of benzene rings is 1. The number of nitrogens with zero attached hydrogens (tertiary/aromatic N) is 3. The molecular formula is C22H21F4N5O2S2. The molecule has 1 fully saturated rings. The molecule has 0 aliphatic carbocycles. The van der Waals surface area contributed by atoms with Gasteiger partial charge in [-0.1, -0.05) is 30.3 Å². The van der Waals surface area contributed by atoms with Crippen LogP contribution >= 0.6 is 23.3 Å². The third-order valence-corrected chi connectivity index (χ3v) is 6.65. The van der Waals surface area contributed by atoms with Gasteiger partial charge in [0.05, 0.1) is 17.4 Å². The summed E-state index contributed by atoms with van der Waals surface area (Å²) in [4.78, 5) is 21.6. The molecule has 1 aromatic carbocycles. The Morgan fingerprint density at radius 2 is 1.94 bits per heavy atom. The number of carbonyl (C=O) groups excluding carboxylic acids is 1. The summed E-state index contributed by atoms with van der Waals surface area (Å²) < 4.78 is 64.0. The summed E-state index contributed by atoms with van der Waals surface area (Å²) in [5.41, 5.74) is 0.558. The molecule has 0 saturated carbocycles. The van der Waals surface area contributed by atoms with Gasteiger partial charge in [0.1, 0.15) is 18.0 Å². The van der Waals surface area contributed by atoms with Gasteiger partial charge in [-0.25, -0.2) is 19.2 Å². The summed E-state index contributed by atoms with van der Waals surface area (Å²) in [5, 5.41) is 3.97. The van der Waals surface area contributed by atoms with Crippen molar-refractivity contribution in [3.05, 3.63) is 64.4 Å². The van der Waals surface area contributed by atoms with Crippen LogP contribution in [0.4, 0.5) is 33.9 Å². The number of nitrogens with one attached hydrogen (secondary N) is 2. The first-order valence-corrected chi connectivity index (χ1v) is 12.4. The minimum atomic E-state index is -4.92. The van der Waals surface area contributed by atoms with Crippen molar-refractivity contribution in [1.82, 2.24) is 14.9 Å². The highest BCUT2D eigenvalue weighted by atomic mass is 32.2. The molecular weight excluding hydrogens is 506 g/mol. The van der Waals surface area contributed by atoms with Crippen LogP contribution in [0.5, 0.6) is 0 Å². The molecule has 0 unspecified atom stereocenters. The number of aromatic nitrogens is 2. The largest absolute Gasteiger partial charge is 0.445 e. The molecule has 3 heterocycles. The van der Waals surface area contributed by atoms with Crippen LogP contribution < -0.4 is 10.0 Å². The van der Waals surface area contributed by atoms with Crippen LogP contribution in [0.3, 0.4) is 0 Å². The SMILES string of the molecule is O=C(OCc1ccccc1)N1CCC(Nc2cnc(SNc3cscn3)c(F)c2C(F)(F)F)CC1. The average molecular weight is 528 g/mol. The number of piperidine rings is 1. The van der Waals surface area contributed by atoms with Gasteiger partial charge < -0.3 is 19.7 Å². The zero-order valence-electron chi connectivity index (χ0n) is 18.2. The van der Waals surface area contributed by atoms with E-state index in [-0.39, 0.29) is 12.6 Å². The zero-order valence-corrected chi connectivity index (χ0v) is 19.9. The number of likely N-dealkylation sites (tertiary alicyclic amines) is 1.